The zero-order valence-electron chi connectivity index (χ0n) is 7.31. The van der Waals surface area contributed by atoms with E-state index in [0.717, 1.165) is 5.56 Å². The number of aliphatic hydroxyl groups excluding tert-OH is 1. The monoisotopic (exact) mass is 191 g/mol. The highest BCUT2D eigenvalue weighted by molar-refractivity contribution is 5.98. The summed E-state index contributed by atoms with van der Waals surface area (Å²) in [7, 11) is 0. The number of ether oxygens (including phenoxy) is 1. The third kappa shape index (κ3) is 0.981. The molecule has 4 nitrogen and oxygen atoms in total. The first-order valence-corrected chi connectivity index (χ1v) is 4.51. The van der Waals surface area contributed by atoms with Crippen LogP contribution >= 0.6 is 0 Å². The molecule has 3 rings (SSSR count). The zero-order chi connectivity index (χ0) is 9.71. The molecule has 14 heavy (non-hydrogen) atoms. The molecule has 1 amide bonds. The van der Waals surface area contributed by atoms with Gasteiger partial charge in [-0.15, -0.1) is 0 Å². The number of fused-ring (bicyclic) bond motifs is 2. The average Bonchev–Trinajstić information content (AvgIpc) is 2.96. The SMILES string of the molecule is O=C1Nc2ccccc2C(O)C2OC12. The lowest BCUT2D eigenvalue weighted by Crippen LogP contribution is -2.18. The normalized spacial score (nSPS) is 33.8. The van der Waals surface area contributed by atoms with Crippen LogP contribution in [0, 0.1) is 0 Å². The van der Waals surface area contributed by atoms with Crippen LogP contribution < -0.4 is 5.32 Å². The molecule has 0 aromatic heterocycles. The highest BCUT2D eigenvalue weighted by atomic mass is 16.6. The molecule has 3 atom stereocenters. The minimum atomic E-state index is -0.699. The zero-order valence-corrected chi connectivity index (χ0v) is 7.31. The number of nitrogens with one attached hydrogen (secondary N) is 1. The summed E-state index contributed by atoms with van der Waals surface area (Å²) < 4.78 is 5.08. The molecule has 1 aromatic rings. The summed E-state index contributed by atoms with van der Waals surface area (Å²) in [5, 5.41) is 12.6. The van der Waals surface area contributed by atoms with E-state index in [-0.39, 0.29) is 12.0 Å². The third-order valence-electron chi connectivity index (χ3n) is 2.63. The molecule has 1 aromatic carbocycles. The van der Waals surface area contributed by atoms with Crippen molar-refractivity contribution in [2.24, 2.45) is 0 Å². The van der Waals surface area contributed by atoms with E-state index in [4.69, 9.17) is 4.74 Å². The molecule has 72 valence electrons. The fourth-order valence-electron chi connectivity index (χ4n) is 1.82. The molecule has 0 aliphatic carbocycles. The Morgan fingerprint density at radius 3 is 3.00 bits per heavy atom. The van der Waals surface area contributed by atoms with Crippen molar-refractivity contribution in [3.8, 4) is 0 Å². The van der Waals surface area contributed by atoms with E-state index in [9.17, 15) is 9.90 Å². The van der Waals surface area contributed by atoms with Crippen LogP contribution in [0.1, 0.15) is 11.7 Å². The smallest absolute Gasteiger partial charge is 0.256 e. The number of rotatable bonds is 0. The Bertz CT molecular complexity index is 404. The van der Waals surface area contributed by atoms with Gasteiger partial charge in [-0.05, 0) is 6.07 Å². The first kappa shape index (κ1) is 7.96. The van der Waals surface area contributed by atoms with Crippen molar-refractivity contribution in [1.29, 1.82) is 0 Å². The van der Waals surface area contributed by atoms with Gasteiger partial charge < -0.3 is 15.2 Å². The molecule has 1 saturated heterocycles. The van der Waals surface area contributed by atoms with E-state index >= 15 is 0 Å². The Kier molecular flexibility index (Phi) is 1.45. The van der Waals surface area contributed by atoms with Crippen molar-refractivity contribution in [1.82, 2.24) is 0 Å². The van der Waals surface area contributed by atoms with Crippen LogP contribution in [0.5, 0.6) is 0 Å². The first-order valence-electron chi connectivity index (χ1n) is 4.51. The van der Waals surface area contributed by atoms with E-state index in [1.165, 1.54) is 0 Å². The Morgan fingerprint density at radius 2 is 2.14 bits per heavy atom. The molecule has 2 N–H and O–H groups in total. The second kappa shape index (κ2) is 2.56. The maximum absolute atomic E-state index is 11.4. The molecule has 0 spiro atoms. The maximum atomic E-state index is 11.4. The van der Waals surface area contributed by atoms with Gasteiger partial charge in [0.15, 0.2) is 6.10 Å². The minimum Gasteiger partial charge on any atom is -0.385 e. The van der Waals surface area contributed by atoms with Crippen LogP contribution in [0.4, 0.5) is 5.69 Å². The Hall–Kier alpha value is -1.39. The minimum absolute atomic E-state index is 0.168. The number of aliphatic hydroxyl groups is 1. The molecule has 0 saturated carbocycles. The van der Waals surface area contributed by atoms with Gasteiger partial charge in [0.05, 0.1) is 0 Å². The molecule has 3 unspecified atom stereocenters. The summed E-state index contributed by atoms with van der Waals surface area (Å²) in [4.78, 5) is 11.4. The van der Waals surface area contributed by atoms with Crippen LogP contribution in [0.2, 0.25) is 0 Å². The van der Waals surface area contributed by atoms with Gasteiger partial charge in [-0.2, -0.15) is 0 Å². The van der Waals surface area contributed by atoms with Crippen molar-refractivity contribution >= 4 is 11.6 Å². The van der Waals surface area contributed by atoms with Gasteiger partial charge in [0, 0.05) is 11.3 Å². The average molecular weight is 191 g/mol. The second-order valence-corrected chi connectivity index (χ2v) is 3.54. The highest BCUT2D eigenvalue weighted by Gasteiger charge is 2.52. The lowest BCUT2D eigenvalue weighted by molar-refractivity contribution is -0.117. The van der Waals surface area contributed by atoms with Gasteiger partial charge in [0.2, 0.25) is 0 Å². The van der Waals surface area contributed by atoms with Gasteiger partial charge in [-0.1, -0.05) is 18.2 Å². The quantitative estimate of drug-likeness (QED) is 0.585. The lowest BCUT2D eigenvalue weighted by Gasteiger charge is -2.11. The maximum Gasteiger partial charge on any atom is 0.256 e. The van der Waals surface area contributed by atoms with Crippen LogP contribution in [0.3, 0.4) is 0 Å². The predicted molar refractivity (Wildman–Crippen MR) is 48.7 cm³/mol. The fraction of sp³-hybridized carbons (Fsp3) is 0.300. The van der Waals surface area contributed by atoms with Crippen LogP contribution in [-0.2, 0) is 9.53 Å². The number of hydrogen-bond acceptors (Lipinski definition) is 3. The summed E-state index contributed by atoms with van der Waals surface area (Å²) in [6, 6.07) is 7.23. The number of benzene rings is 1. The van der Waals surface area contributed by atoms with Gasteiger partial charge in [-0.3, -0.25) is 4.79 Å². The van der Waals surface area contributed by atoms with E-state index in [1.807, 2.05) is 12.1 Å². The summed E-state index contributed by atoms with van der Waals surface area (Å²) in [6.07, 6.45) is -1.54. The van der Waals surface area contributed by atoms with E-state index in [0.29, 0.717) is 5.69 Å². The number of para-hydroxylation sites is 1. The van der Waals surface area contributed by atoms with Crippen LogP contribution in [0.15, 0.2) is 24.3 Å². The predicted octanol–water partition coefficient (Wildman–Crippen LogP) is 0.439. The topological polar surface area (TPSA) is 61.9 Å². The summed E-state index contributed by atoms with van der Waals surface area (Å²) in [5.74, 6) is -0.168. The van der Waals surface area contributed by atoms with E-state index < -0.39 is 12.2 Å². The number of hydrogen-bond donors (Lipinski definition) is 2. The van der Waals surface area contributed by atoms with Crippen molar-refractivity contribution in [2.45, 2.75) is 18.3 Å². The van der Waals surface area contributed by atoms with Gasteiger partial charge in [-0.25, -0.2) is 0 Å². The molecule has 0 bridgehead atoms. The van der Waals surface area contributed by atoms with Crippen molar-refractivity contribution in [2.75, 3.05) is 5.32 Å². The molecule has 2 aliphatic rings. The van der Waals surface area contributed by atoms with Crippen LogP contribution in [-0.4, -0.2) is 23.2 Å². The van der Waals surface area contributed by atoms with Gasteiger partial charge >= 0.3 is 0 Å². The molecule has 0 radical (unpaired) electrons. The van der Waals surface area contributed by atoms with Gasteiger partial charge in [0.25, 0.3) is 5.91 Å². The largest absolute Gasteiger partial charge is 0.385 e. The van der Waals surface area contributed by atoms with Gasteiger partial charge in [0.1, 0.15) is 12.2 Å². The Balaban J connectivity index is 2.10. The molecular formula is C10H9NO3. The number of amides is 1. The number of carbonyl (C=O) groups is 1. The number of epoxide rings is 1. The third-order valence-corrected chi connectivity index (χ3v) is 2.63. The standard InChI is InChI=1S/C10H9NO3/c12-7-5-3-1-2-4-6(5)11-10(13)9-8(7)14-9/h1-4,7-9,12H,(H,11,13). The second-order valence-electron chi connectivity index (χ2n) is 3.54. The van der Waals surface area contributed by atoms with Crippen LogP contribution in [0.25, 0.3) is 0 Å². The Morgan fingerprint density at radius 1 is 1.36 bits per heavy atom. The molecule has 2 heterocycles. The molecule has 4 heteroatoms. The number of anilines is 1. The van der Waals surface area contributed by atoms with E-state index in [1.54, 1.807) is 12.1 Å². The molecular weight excluding hydrogens is 182 g/mol. The summed E-state index contributed by atoms with van der Waals surface area (Å²) in [5.41, 5.74) is 1.41. The van der Waals surface area contributed by atoms with Crippen molar-refractivity contribution in [3.05, 3.63) is 29.8 Å². The molecule has 1 fully saturated rings. The number of carbonyl (C=O) groups excluding carboxylic acids is 1. The fourth-order valence-corrected chi connectivity index (χ4v) is 1.82. The van der Waals surface area contributed by atoms with E-state index in [2.05, 4.69) is 5.32 Å². The van der Waals surface area contributed by atoms with Crippen molar-refractivity contribution in [3.63, 3.8) is 0 Å². The first-order chi connectivity index (χ1) is 6.77. The Labute approximate surface area is 80.5 Å². The molecule has 2 aliphatic heterocycles. The summed E-state index contributed by atoms with van der Waals surface area (Å²) in [6.45, 7) is 0. The highest BCUT2D eigenvalue weighted by Crippen LogP contribution is 2.40. The lowest BCUT2D eigenvalue weighted by atomic mass is 10.0. The van der Waals surface area contributed by atoms with Crippen molar-refractivity contribution < 1.29 is 14.6 Å². The summed E-state index contributed by atoms with van der Waals surface area (Å²) >= 11 is 0.